The molecule has 0 radical (unpaired) electrons. The van der Waals surface area contributed by atoms with Crippen molar-refractivity contribution in [1.29, 1.82) is 0 Å². The number of rotatable bonds is 4. The van der Waals surface area contributed by atoms with Gasteiger partial charge in [0.15, 0.2) is 0 Å². The summed E-state index contributed by atoms with van der Waals surface area (Å²) in [6.45, 7) is 0. The van der Waals surface area contributed by atoms with Gasteiger partial charge in [-0.05, 0) is 45.6 Å². The van der Waals surface area contributed by atoms with Gasteiger partial charge in [-0.1, -0.05) is 0 Å². The van der Waals surface area contributed by atoms with Gasteiger partial charge in [-0.2, -0.15) is 0 Å². The van der Waals surface area contributed by atoms with Crippen LogP contribution in [0.1, 0.15) is 15.2 Å². The quantitative estimate of drug-likeness (QED) is 0.902. The molecule has 0 saturated heterocycles. The lowest BCUT2D eigenvalue weighted by Gasteiger charge is -2.04. The molecule has 0 aliphatic heterocycles. The second-order valence-corrected chi connectivity index (χ2v) is 6.91. The molecular formula is C12H8BrFO3S2. The van der Waals surface area contributed by atoms with Crippen LogP contribution in [0.4, 0.5) is 4.39 Å². The van der Waals surface area contributed by atoms with E-state index in [0.29, 0.717) is 0 Å². The summed E-state index contributed by atoms with van der Waals surface area (Å²) in [4.78, 5) is 11.6. The number of carboxylic acids is 1. The lowest BCUT2D eigenvalue weighted by atomic mass is 10.2. The molecule has 3 nitrogen and oxygen atoms in total. The van der Waals surface area contributed by atoms with Crippen LogP contribution in [0.5, 0.6) is 0 Å². The van der Waals surface area contributed by atoms with Gasteiger partial charge in [-0.25, -0.2) is 9.18 Å². The lowest BCUT2D eigenvalue weighted by molar-refractivity contribution is 0.0696. The zero-order valence-corrected chi connectivity index (χ0v) is 12.6. The Morgan fingerprint density at radius 2 is 2.16 bits per heavy atom. The van der Waals surface area contributed by atoms with Gasteiger partial charge < -0.3 is 5.11 Å². The van der Waals surface area contributed by atoms with Gasteiger partial charge in [0.2, 0.25) is 0 Å². The third-order valence-corrected chi connectivity index (χ3v) is 5.84. The maximum Gasteiger partial charge on any atom is 0.335 e. The number of halogens is 2. The van der Waals surface area contributed by atoms with E-state index in [2.05, 4.69) is 15.9 Å². The highest BCUT2D eigenvalue weighted by atomic mass is 79.9. The first kappa shape index (κ1) is 14.4. The largest absolute Gasteiger partial charge is 0.478 e. The Hall–Kier alpha value is -1.05. The highest BCUT2D eigenvalue weighted by Crippen LogP contribution is 2.26. The minimum atomic E-state index is -1.62. The molecule has 1 aromatic heterocycles. The van der Waals surface area contributed by atoms with Crippen molar-refractivity contribution in [2.45, 2.75) is 10.6 Å². The maximum absolute atomic E-state index is 13.6. The highest BCUT2D eigenvalue weighted by Gasteiger charge is 2.15. The number of carbonyl (C=O) groups is 1. The Morgan fingerprint density at radius 1 is 1.42 bits per heavy atom. The van der Waals surface area contributed by atoms with Crippen molar-refractivity contribution in [2.24, 2.45) is 0 Å². The topological polar surface area (TPSA) is 54.4 Å². The summed E-state index contributed by atoms with van der Waals surface area (Å²) in [6, 6.07) is 5.12. The summed E-state index contributed by atoms with van der Waals surface area (Å²) < 4.78 is 26.6. The van der Waals surface area contributed by atoms with E-state index in [1.54, 1.807) is 0 Å². The van der Waals surface area contributed by atoms with Crippen molar-refractivity contribution in [3.05, 3.63) is 50.4 Å². The minimum Gasteiger partial charge on any atom is -0.478 e. The summed E-state index contributed by atoms with van der Waals surface area (Å²) in [7, 11) is -1.62. The molecule has 7 heteroatoms. The number of hydrogen-bond donors (Lipinski definition) is 1. The van der Waals surface area contributed by atoms with Gasteiger partial charge in [-0.3, -0.25) is 4.21 Å². The molecule has 100 valence electrons. The van der Waals surface area contributed by atoms with E-state index in [1.807, 2.05) is 11.4 Å². The molecule has 1 aromatic carbocycles. The van der Waals surface area contributed by atoms with Crippen LogP contribution in [0.2, 0.25) is 0 Å². The van der Waals surface area contributed by atoms with E-state index < -0.39 is 22.6 Å². The summed E-state index contributed by atoms with van der Waals surface area (Å²) in [5, 5.41) is 10.7. The Morgan fingerprint density at radius 3 is 2.74 bits per heavy atom. The molecule has 0 aliphatic rings. The van der Waals surface area contributed by atoms with Crippen LogP contribution in [-0.4, -0.2) is 15.3 Å². The summed E-state index contributed by atoms with van der Waals surface area (Å²) in [5.41, 5.74) is -0.0741. The van der Waals surface area contributed by atoms with E-state index in [4.69, 9.17) is 5.11 Å². The van der Waals surface area contributed by atoms with Crippen LogP contribution in [0.15, 0.2) is 39.0 Å². The van der Waals surface area contributed by atoms with Crippen molar-refractivity contribution in [3.63, 3.8) is 0 Å². The molecule has 0 aliphatic carbocycles. The Balaban J connectivity index is 2.31. The second-order valence-electron chi connectivity index (χ2n) is 3.63. The number of thiophene rings is 1. The van der Waals surface area contributed by atoms with Crippen molar-refractivity contribution in [2.75, 3.05) is 0 Å². The van der Waals surface area contributed by atoms with Crippen molar-refractivity contribution >= 4 is 44.0 Å². The Kier molecular flexibility index (Phi) is 4.49. The van der Waals surface area contributed by atoms with Crippen molar-refractivity contribution < 1.29 is 18.5 Å². The second kappa shape index (κ2) is 5.94. The van der Waals surface area contributed by atoms with E-state index in [9.17, 15) is 13.4 Å². The molecule has 1 unspecified atom stereocenters. The number of aromatic carboxylic acids is 1. The predicted octanol–water partition coefficient (Wildman–Crippen LogP) is 3.66. The number of hydrogen-bond acceptors (Lipinski definition) is 3. The standard InChI is InChI=1S/C12H8BrFO3S2/c13-8-3-4-18-10(8)6-19(17)11-5-7(12(15)16)1-2-9(11)14/h1-5H,6H2,(H,15,16). The van der Waals surface area contributed by atoms with Crippen molar-refractivity contribution in [1.82, 2.24) is 0 Å². The van der Waals surface area contributed by atoms with Gasteiger partial charge in [0, 0.05) is 9.35 Å². The van der Waals surface area contributed by atoms with E-state index >= 15 is 0 Å². The molecule has 2 rings (SSSR count). The molecule has 0 amide bonds. The van der Waals surface area contributed by atoms with Crippen LogP contribution in [0.25, 0.3) is 0 Å². The monoisotopic (exact) mass is 362 g/mol. The van der Waals surface area contributed by atoms with Crippen LogP contribution in [-0.2, 0) is 16.6 Å². The first-order chi connectivity index (χ1) is 8.99. The van der Waals surface area contributed by atoms with Crippen LogP contribution in [0.3, 0.4) is 0 Å². The predicted molar refractivity (Wildman–Crippen MR) is 75.5 cm³/mol. The van der Waals surface area contributed by atoms with Crippen LogP contribution >= 0.6 is 27.3 Å². The van der Waals surface area contributed by atoms with Crippen LogP contribution < -0.4 is 0 Å². The van der Waals surface area contributed by atoms with Crippen LogP contribution in [0, 0.1) is 5.82 Å². The third kappa shape index (κ3) is 3.29. The maximum atomic E-state index is 13.6. The highest BCUT2D eigenvalue weighted by molar-refractivity contribution is 9.10. The SMILES string of the molecule is O=C(O)c1ccc(F)c(S(=O)Cc2sccc2Br)c1. The molecule has 1 heterocycles. The summed E-state index contributed by atoms with van der Waals surface area (Å²) in [6.07, 6.45) is 0. The molecule has 1 atom stereocenters. The average molecular weight is 363 g/mol. The summed E-state index contributed by atoms with van der Waals surface area (Å²) in [5.74, 6) is -1.68. The molecule has 2 aromatic rings. The Labute approximate surface area is 123 Å². The van der Waals surface area contributed by atoms with Gasteiger partial charge in [0.05, 0.1) is 27.0 Å². The fourth-order valence-corrected chi connectivity index (χ4v) is 4.58. The van der Waals surface area contributed by atoms with Gasteiger partial charge >= 0.3 is 5.97 Å². The van der Waals surface area contributed by atoms with Crippen molar-refractivity contribution in [3.8, 4) is 0 Å². The molecule has 0 bridgehead atoms. The minimum absolute atomic E-state index is 0.0741. The lowest BCUT2D eigenvalue weighted by Crippen LogP contribution is -2.03. The fraction of sp³-hybridized carbons (Fsp3) is 0.0833. The smallest absolute Gasteiger partial charge is 0.335 e. The van der Waals surface area contributed by atoms with Gasteiger partial charge in [-0.15, -0.1) is 11.3 Å². The first-order valence-electron chi connectivity index (χ1n) is 5.12. The molecular weight excluding hydrogens is 355 g/mol. The molecule has 0 saturated carbocycles. The zero-order valence-electron chi connectivity index (χ0n) is 9.43. The van der Waals surface area contributed by atoms with Gasteiger partial charge in [0.25, 0.3) is 0 Å². The summed E-state index contributed by atoms with van der Waals surface area (Å²) >= 11 is 4.72. The molecule has 1 N–H and O–H groups in total. The molecule has 19 heavy (non-hydrogen) atoms. The van der Waals surface area contributed by atoms with Gasteiger partial charge in [0.1, 0.15) is 5.82 Å². The van der Waals surface area contributed by atoms with E-state index in [0.717, 1.165) is 27.5 Å². The zero-order chi connectivity index (χ0) is 14.0. The Bertz CT molecular complexity index is 654. The molecule has 0 spiro atoms. The fourth-order valence-electron chi connectivity index (χ4n) is 1.44. The number of benzene rings is 1. The average Bonchev–Trinajstić information content (AvgIpc) is 2.75. The van der Waals surface area contributed by atoms with E-state index in [1.165, 1.54) is 11.3 Å². The van der Waals surface area contributed by atoms with E-state index in [-0.39, 0.29) is 16.2 Å². The first-order valence-corrected chi connectivity index (χ1v) is 8.11. The normalized spacial score (nSPS) is 12.3. The number of carboxylic acid groups (broad SMARTS) is 1. The molecule has 0 fully saturated rings. The third-order valence-electron chi connectivity index (χ3n) is 2.38.